The molecule has 20 heavy (non-hydrogen) atoms. The number of aromatic nitrogens is 2. The maximum Gasteiger partial charge on any atom is 0.314 e. The fourth-order valence-electron chi connectivity index (χ4n) is 2.10. The van der Waals surface area contributed by atoms with Gasteiger partial charge in [0.1, 0.15) is 17.6 Å². The molecule has 1 heterocycles. The molecule has 0 amide bonds. The minimum Gasteiger partial charge on any atom is -0.481 e. The number of hydrogen-bond donors (Lipinski definition) is 1. The number of carbonyl (C=O) groups is 1. The van der Waals surface area contributed by atoms with E-state index < -0.39 is 11.9 Å². The summed E-state index contributed by atoms with van der Waals surface area (Å²) in [5.41, 5.74) is 2.05. The van der Waals surface area contributed by atoms with Crippen molar-refractivity contribution >= 4 is 5.97 Å². The van der Waals surface area contributed by atoms with Crippen molar-refractivity contribution in [3.8, 4) is 0 Å². The quantitative estimate of drug-likeness (QED) is 0.931. The second kappa shape index (κ2) is 5.77. The highest BCUT2D eigenvalue weighted by atomic mass is 19.1. The molecule has 0 aliphatic carbocycles. The van der Waals surface area contributed by atoms with Gasteiger partial charge in [0.15, 0.2) is 0 Å². The molecule has 0 saturated carbocycles. The Balaban J connectivity index is 2.34. The Labute approximate surface area is 116 Å². The average Bonchev–Trinajstić information content (AvgIpc) is 2.34. The Morgan fingerprint density at radius 2 is 1.90 bits per heavy atom. The predicted octanol–water partition coefficient (Wildman–Crippen LogP) is 2.64. The molecule has 0 aliphatic rings. The van der Waals surface area contributed by atoms with Gasteiger partial charge in [0.25, 0.3) is 0 Å². The number of halogens is 1. The molecular weight excluding hydrogens is 259 g/mol. The van der Waals surface area contributed by atoms with Gasteiger partial charge in [-0.1, -0.05) is 12.1 Å². The summed E-state index contributed by atoms with van der Waals surface area (Å²) in [6.07, 6.45) is 0.163. The smallest absolute Gasteiger partial charge is 0.314 e. The van der Waals surface area contributed by atoms with E-state index in [1.54, 1.807) is 32.0 Å². The molecule has 1 atom stereocenters. The van der Waals surface area contributed by atoms with E-state index in [1.807, 2.05) is 0 Å². The van der Waals surface area contributed by atoms with E-state index in [0.717, 1.165) is 11.4 Å². The van der Waals surface area contributed by atoms with Crippen LogP contribution in [0.5, 0.6) is 0 Å². The fraction of sp³-hybridized carbons (Fsp3) is 0.267. The van der Waals surface area contributed by atoms with Gasteiger partial charge < -0.3 is 5.11 Å². The van der Waals surface area contributed by atoms with Gasteiger partial charge in [-0.05, 0) is 44.0 Å². The van der Waals surface area contributed by atoms with Crippen LogP contribution in [0.2, 0.25) is 0 Å². The molecule has 0 bridgehead atoms. The van der Waals surface area contributed by atoms with E-state index in [4.69, 9.17) is 0 Å². The number of aliphatic carboxylic acids is 1. The Morgan fingerprint density at radius 3 is 2.45 bits per heavy atom. The molecule has 0 fully saturated rings. The van der Waals surface area contributed by atoms with Gasteiger partial charge in [-0.2, -0.15) is 0 Å². The van der Waals surface area contributed by atoms with Crippen LogP contribution >= 0.6 is 0 Å². The third-order valence-electron chi connectivity index (χ3n) is 2.94. The van der Waals surface area contributed by atoms with Crippen LogP contribution in [0.3, 0.4) is 0 Å². The summed E-state index contributed by atoms with van der Waals surface area (Å²) in [5.74, 6) is -2.01. The Hall–Kier alpha value is -2.30. The zero-order valence-electron chi connectivity index (χ0n) is 11.3. The zero-order valence-corrected chi connectivity index (χ0v) is 11.3. The molecule has 1 aromatic heterocycles. The van der Waals surface area contributed by atoms with Crippen LogP contribution in [0.4, 0.5) is 4.39 Å². The average molecular weight is 274 g/mol. The van der Waals surface area contributed by atoms with Crippen LogP contribution in [-0.4, -0.2) is 21.0 Å². The summed E-state index contributed by atoms with van der Waals surface area (Å²) >= 11 is 0. The molecule has 1 aromatic carbocycles. The molecule has 1 unspecified atom stereocenters. The number of aryl methyl sites for hydroxylation is 2. The van der Waals surface area contributed by atoms with Crippen molar-refractivity contribution in [2.45, 2.75) is 26.2 Å². The van der Waals surface area contributed by atoms with Gasteiger partial charge in [-0.15, -0.1) is 0 Å². The number of hydrogen-bond acceptors (Lipinski definition) is 3. The number of benzene rings is 1. The first-order valence-corrected chi connectivity index (χ1v) is 6.25. The van der Waals surface area contributed by atoms with Gasteiger partial charge >= 0.3 is 5.97 Å². The lowest BCUT2D eigenvalue weighted by molar-refractivity contribution is -0.139. The standard InChI is InChI=1S/C15H15FN2O2/c1-9-6-10(2)18-14(17-9)13(15(19)20)8-11-4-3-5-12(16)7-11/h3-7,13H,8H2,1-2H3,(H,19,20). The minimum absolute atomic E-state index is 0.163. The van der Waals surface area contributed by atoms with Gasteiger partial charge in [0.05, 0.1) is 0 Å². The molecule has 0 spiro atoms. The van der Waals surface area contributed by atoms with Crippen molar-refractivity contribution in [2.75, 3.05) is 0 Å². The topological polar surface area (TPSA) is 63.1 Å². The van der Waals surface area contributed by atoms with Crippen LogP contribution in [0.25, 0.3) is 0 Å². The molecule has 2 rings (SSSR count). The van der Waals surface area contributed by atoms with Gasteiger partial charge in [0.2, 0.25) is 0 Å². The third kappa shape index (κ3) is 3.38. The SMILES string of the molecule is Cc1cc(C)nc(C(Cc2cccc(F)c2)C(=O)O)n1. The lowest BCUT2D eigenvalue weighted by atomic mass is 9.98. The minimum atomic E-state index is -1.01. The molecule has 5 heteroatoms. The Morgan fingerprint density at radius 1 is 1.25 bits per heavy atom. The summed E-state index contributed by atoms with van der Waals surface area (Å²) in [6.45, 7) is 3.58. The van der Waals surface area contributed by atoms with Gasteiger partial charge in [-0.25, -0.2) is 14.4 Å². The van der Waals surface area contributed by atoms with Crippen LogP contribution in [0.1, 0.15) is 28.7 Å². The molecule has 0 saturated heterocycles. The molecule has 104 valence electrons. The summed E-state index contributed by atoms with van der Waals surface area (Å²) in [5, 5.41) is 9.37. The third-order valence-corrected chi connectivity index (χ3v) is 2.94. The van der Waals surface area contributed by atoms with Crippen molar-refractivity contribution < 1.29 is 14.3 Å². The van der Waals surface area contributed by atoms with Crippen LogP contribution in [-0.2, 0) is 11.2 Å². The monoisotopic (exact) mass is 274 g/mol. The number of nitrogens with zero attached hydrogens (tertiary/aromatic N) is 2. The summed E-state index contributed by atoms with van der Waals surface area (Å²) in [7, 11) is 0. The van der Waals surface area contributed by atoms with Crippen LogP contribution in [0, 0.1) is 19.7 Å². The summed E-state index contributed by atoms with van der Waals surface area (Å²) < 4.78 is 13.2. The van der Waals surface area contributed by atoms with Crippen LogP contribution < -0.4 is 0 Å². The van der Waals surface area contributed by atoms with E-state index in [-0.39, 0.29) is 18.1 Å². The van der Waals surface area contributed by atoms with E-state index in [2.05, 4.69) is 9.97 Å². The zero-order chi connectivity index (χ0) is 14.7. The second-order valence-electron chi connectivity index (χ2n) is 4.73. The summed E-state index contributed by atoms with van der Waals surface area (Å²) in [4.78, 5) is 19.8. The van der Waals surface area contributed by atoms with Crippen molar-refractivity contribution in [3.05, 3.63) is 58.9 Å². The highest BCUT2D eigenvalue weighted by molar-refractivity contribution is 5.75. The maximum absolute atomic E-state index is 13.2. The lowest BCUT2D eigenvalue weighted by Gasteiger charge is -2.12. The second-order valence-corrected chi connectivity index (χ2v) is 4.73. The van der Waals surface area contributed by atoms with E-state index >= 15 is 0 Å². The van der Waals surface area contributed by atoms with Gasteiger partial charge in [-0.3, -0.25) is 4.79 Å². The number of carboxylic acid groups (broad SMARTS) is 1. The fourth-order valence-corrected chi connectivity index (χ4v) is 2.10. The predicted molar refractivity (Wildman–Crippen MR) is 72.0 cm³/mol. The first-order valence-electron chi connectivity index (χ1n) is 6.25. The Kier molecular flexibility index (Phi) is 4.08. The number of carboxylic acids is 1. The van der Waals surface area contributed by atoms with E-state index in [1.165, 1.54) is 12.1 Å². The van der Waals surface area contributed by atoms with Gasteiger partial charge in [0, 0.05) is 11.4 Å². The molecule has 0 aliphatic heterocycles. The molecule has 4 nitrogen and oxygen atoms in total. The number of rotatable bonds is 4. The molecule has 1 N–H and O–H groups in total. The highest BCUT2D eigenvalue weighted by Crippen LogP contribution is 2.19. The van der Waals surface area contributed by atoms with E-state index in [9.17, 15) is 14.3 Å². The first kappa shape index (κ1) is 14.1. The molecule has 0 radical (unpaired) electrons. The van der Waals surface area contributed by atoms with Crippen molar-refractivity contribution in [2.24, 2.45) is 0 Å². The van der Waals surface area contributed by atoms with Crippen molar-refractivity contribution in [3.63, 3.8) is 0 Å². The van der Waals surface area contributed by atoms with Crippen LogP contribution in [0.15, 0.2) is 30.3 Å². The lowest BCUT2D eigenvalue weighted by Crippen LogP contribution is -2.18. The molecule has 2 aromatic rings. The van der Waals surface area contributed by atoms with Crippen molar-refractivity contribution in [1.29, 1.82) is 0 Å². The highest BCUT2D eigenvalue weighted by Gasteiger charge is 2.24. The Bertz CT molecular complexity index is 623. The largest absolute Gasteiger partial charge is 0.481 e. The maximum atomic E-state index is 13.2. The first-order chi connectivity index (χ1) is 9.45. The molecular formula is C15H15FN2O2. The summed E-state index contributed by atoms with van der Waals surface area (Å²) in [6, 6.07) is 7.70. The van der Waals surface area contributed by atoms with E-state index in [0.29, 0.717) is 5.56 Å². The van der Waals surface area contributed by atoms with Crippen molar-refractivity contribution in [1.82, 2.24) is 9.97 Å². The normalized spacial score (nSPS) is 12.2.